The third kappa shape index (κ3) is 4.48. The van der Waals surface area contributed by atoms with Crippen molar-refractivity contribution in [2.45, 2.75) is 0 Å². The molecule has 174 valence electrons. The highest BCUT2D eigenvalue weighted by molar-refractivity contribution is 9.10. The van der Waals surface area contributed by atoms with E-state index in [2.05, 4.69) is 27.0 Å². The summed E-state index contributed by atoms with van der Waals surface area (Å²) < 4.78 is 12.5. The normalized spacial score (nSPS) is 11.0. The lowest BCUT2D eigenvalue weighted by Crippen LogP contribution is -1.91. The smallest absolute Gasteiger partial charge is 0.281 e. The molecule has 5 rings (SSSR count). The Labute approximate surface area is 214 Å². The van der Waals surface area contributed by atoms with Crippen LogP contribution < -0.4 is 0 Å². The molecule has 0 bridgehead atoms. The Balaban J connectivity index is 1.56. The Morgan fingerprint density at radius 2 is 1.61 bits per heavy atom. The van der Waals surface area contributed by atoms with Gasteiger partial charge in [0.05, 0.1) is 16.7 Å². The first-order chi connectivity index (χ1) is 17.5. The summed E-state index contributed by atoms with van der Waals surface area (Å²) in [4.78, 5) is 15.4. The fourth-order valence-corrected chi connectivity index (χ4v) is 4.19. The van der Waals surface area contributed by atoms with E-state index in [1.807, 2.05) is 60.7 Å². The van der Waals surface area contributed by atoms with Crippen LogP contribution in [0.25, 0.3) is 33.8 Å². The quantitative estimate of drug-likeness (QED) is 0.123. The summed E-state index contributed by atoms with van der Waals surface area (Å²) in [6.45, 7) is 0. The van der Waals surface area contributed by atoms with Gasteiger partial charge in [0.2, 0.25) is 5.88 Å². The molecule has 0 aliphatic rings. The zero-order valence-corrected chi connectivity index (χ0v) is 20.2. The molecule has 2 aromatic heterocycles. The highest BCUT2D eigenvalue weighted by Crippen LogP contribution is 2.42. The molecule has 0 amide bonds. The zero-order valence-electron chi connectivity index (χ0n) is 18.6. The second-order valence-electron chi connectivity index (χ2n) is 7.71. The summed E-state index contributed by atoms with van der Waals surface area (Å²) >= 11 is 3.26. The average Bonchev–Trinajstić information content (AvgIpc) is 3.53. The van der Waals surface area contributed by atoms with Crippen LogP contribution in [0.5, 0.6) is 0 Å². The highest BCUT2D eigenvalue weighted by Gasteiger charge is 2.23. The van der Waals surface area contributed by atoms with Gasteiger partial charge in [-0.2, -0.15) is 5.26 Å². The molecule has 0 saturated carbocycles. The van der Waals surface area contributed by atoms with Gasteiger partial charge in [0.15, 0.2) is 0 Å². The van der Waals surface area contributed by atoms with Crippen LogP contribution in [0.1, 0.15) is 11.3 Å². The maximum absolute atomic E-state index is 11.5. The minimum atomic E-state index is -0.464. The number of hydrogen-bond acceptors (Lipinski definition) is 6. The van der Waals surface area contributed by atoms with Gasteiger partial charge in [0, 0.05) is 21.7 Å². The minimum Gasteiger partial charge on any atom is -0.455 e. The summed E-state index contributed by atoms with van der Waals surface area (Å²) in [6, 6.07) is 29.3. The van der Waals surface area contributed by atoms with Crippen LogP contribution in [0.3, 0.4) is 0 Å². The van der Waals surface area contributed by atoms with Gasteiger partial charge in [-0.1, -0.05) is 76.6 Å². The lowest BCUT2D eigenvalue weighted by atomic mass is 9.98. The number of nitrogens with zero attached hydrogens (tertiary/aromatic N) is 3. The number of benzene rings is 3. The molecule has 0 N–H and O–H groups in total. The number of furan rings is 2. The first kappa shape index (κ1) is 23.0. The molecule has 3 aromatic carbocycles. The first-order valence-electron chi connectivity index (χ1n) is 10.8. The number of rotatable bonds is 6. The largest absolute Gasteiger partial charge is 0.455 e. The number of nitro groups is 1. The number of nitriles is 1. The van der Waals surface area contributed by atoms with Crippen molar-refractivity contribution in [3.63, 3.8) is 0 Å². The molecule has 36 heavy (non-hydrogen) atoms. The number of hydrogen-bond donors (Lipinski definition) is 0. The predicted octanol–water partition coefficient (Wildman–Crippen LogP) is 8.17. The van der Waals surface area contributed by atoms with Gasteiger partial charge in [-0.25, -0.2) is 4.99 Å². The molecule has 0 aliphatic heterocycles. The monoisotopic (exact) mass is 537 g/mol. The van der Waals surface area contributed by atoms with Crippen molar-refractivity contribution in [1.82, 2.24) is 0 Å². The van der Waals surface area contributed by atoms with E-state index < -0.39 is 4.92 Å². The molecular formula is C28H16BrN3O4. The van der Waals surface area contributed by atoms with E-state index >= 15 is 0 Å². The van der Waals surface area contributed by atoms with E-state index in [0.717, 1.165) is 11.1 Å². The SMILES string of the molecule is N#Cc1c(N=Cc2ccc(-c3ccc(Br)cc3[N+](=O)[O-])o2)oc(-c2ccccc2)c1-c1ccccc1. The fraction of sp³-hybridized carbons (Fsp3) is 0. The molecule has 0 saturated heterocycles. The Kier molecular flexibility index (Phi) is 6.31. The van der Waals surface area contributed by atoms with Gasteiger partial charge in [0.25, 0.3) is 5.69 Å². The van der Waals surface area contributed by atoms with Crippen molar-refractivity contribution in [2.75, 3.05) is 0 Å². The zero-order chi connectivity index (χ0) is 25.1. The van der Waals surface area contributed by atoms with Gasteiger partial charge in [-0.15, -0.1) is 0 Å². The molecule has 0 fully saturated rings. The van der Waals surface area contributed by atoms with E-state index in [1.165, 1.54) is 12.3 Å². The van der Waals surface area contributed by atoms with Crippen molar-refractivity contribution in [3.05, 3.63) is 117 Å². The van der Waals surface area contributed by atoms with Gasteiger partial charge in [-0.05, 0) is 29.8 Å². The Bertz CT molecular complexity index is 1630. The lowest BCUT2D eigenvalue weighted by Gasteiger charge is -2.03. The molecule has 7 nitrogen and oxygen atoms in total. The summed E-state index contributed by atoms with van der Waals surface area (Å²) in [6.07, 6.45) is 1.43. The maximum atomic E-state index is 11.5. The van der Waals surface area contributed by atoms with E-state index in [1.54, 1.807) is 24.3 Å². The van der Waals surface area contributed by atoms with Crippen molar-refractivity contribution in [3.8, 4) is 39.8 Å². The molecule has 0 radical (unpaired) electrons. The lowest BCUT2D eigenvalue weighted by molar-refractivity contribution is -0.384. The molecule has 0 aliphatic carbocycles. The molecule has 0 atom stereocenters. The average molecular weight is 538 g/mol. The maximum Gasteiger partial charge on any atom is 0.281 e. The number of aliphatic imine (C=N–C) groups is 1. The van der Waals surface area contributed by atoms with Gasteiger partial charge >= 0.3 is 0 Å². The molecule has 2 heterocycles. The van der Waals surface area contributed by atoms with Gasteiger partial charge in [-0.3, -0.25) is 10.1 Å². The summed E-state index contributed by atoms with van der Waals surface area (Å²) in [5.74, 6) is 1.36. The van der Waals surface area contributed by atoms with Crippen LogP contribution in [0.15, 0.2) is 109 Å². The third-order valence-corrected chi connectivity index (χ3v) is 5.95. The topological polar surface area (TPSA) is 106 Å². The van der Waals surface area contributed by atoms with Gasteiger partial charge < -0.3 is 8.83 Å². The third-order valence-electron chi connectivity index (χ3n) is 5.46. The van der Waals surface area contributed by atoms with E-state index in [0.29, 0.717) is 38.4 Å². The molecule has 0 unspecified atom stereocenters. The van der Waals surface area contributed by atoms with Crippen LogP contribution in [0.2, 0.25) is 0 Å². The predicted molar refractivity (Wildman–Crippen MR) is 140 cm³/mol. The summed E-state index contributed by atoms with van der Waals surface area (Å²) in [5.41, 5.74) is 2.86. The van der Waals surface area contributed by atoms with Crippen LogP contribution in [-0.2, 0) is 0 Å². The second kappa shape index (κ2) is 9.86. The number of halogens is 1. The Hall–Kier alpha value is -4.74. The standard InChI is InChI=1S/C28H16BrN3O4/c29-20-11-13-22(24(15-20)32(33)34)25-14-12-21(35-25)17-31-28-23(16-30)26(18-7-3-1-4-8-18)27(36-28)19-9-5-2-6-10-19/h1-15,17H. The van der Waals surface area contributed by atoms with E-state index in [-0.39, 0.29) is 11.6 Å². The van der Waals surface area contributed by atoms with Crippen molar-refractivity contribution < 1.29 is 13.8 Å². The van der Waals surface area contributed by atoms with Crippen LogP contribution >= 0.6 is 15.9 Å². The summed E-state index contributed by atoms with van der Waals surface area (Å²) in [7, 11) is 0. The summed E-state index contributed by atoms with van der Waals surface area (Å²) in [5, 5.41) is 21.5. The van der Waals surface area contributed by atoms with Crippen LogP contribution in [0.4, 0.5) is 11.6 Å². The molecule has 5 aromatic rings. The highest BCUT2D eigenvalue weighted by atomic mass is 79.9. The second-order valence-corrected chi connectivity index (χ2v) is 8.62. The number of nitro benzene ring substituents is 1. The van der Waals surface area contributed by atoms with Crippen molar-refractivity contribution >= 4 is 33.7 Å². The minimum absolute atomic E-state index is 0.0833. The van der Waals surface area contributed by atoms with E-state index in [4.69, 9.17) is 8.83 Å². The van der Waals surface area contributed by atoms with Gasteiger partial charge in [0.1, 0.15) is 28.9 Å². The Morgan fingerprint density at radius 3 is 2.28 bits per heavy atom. The van der Waals surface area contributed by atoms with Crippen molar-refractivity contribution in [1.29, 1.82) is 5.26 Å². The molecular weight excluding hydrogens is 522 g/mol. The molecule has 0 spiro atoms. The van der Waals surface area contributed by atoms with Crippen LogP contribution in [-0.4, -0.2) is 11.1 Å². The Morgan fingerprint density at radius 1 is 0.917 bits per heavy atom. The fourth-order valence-electron chi connectivity index (χ4n) is 3.84. The van der Waals surface area contributed by atoms with E-state index in [9.17, 15) is 15.4 Å². The first-order valence-corrected chi connectivity index (χ1v) is 11.6. The van der Waals surface area contributed by atoms with Crippen molar-refractivity contribution in [2.24, 2.45) is 4.99 Å². The molecule has 8 heteroatoms. The van der Waals surface area contributed by atoms with Crippen LogP contribution in [0, 0.1) is 21.4 Å².